The summed E-state index contributed by atoms with van der Waals surface area (Å²) < 4.78 is 27.9. The highest BCUT2D eigenvalue weighted by atomic mass is 19.2. The second kappa shape index (κ2) is 6.68. The molecule has 0 spiro atoms. The van der Waals surface area contributed by atoms with Gasteiger partial charge in [0.05, 0.1) is 11.3 Å². The minimum atomic E-state index is -1.47. The number of carboxylic acid groups (broad SMARTS) is 1. The molecule has 0 bridgehead atoms. The molecule has 0 aliphatic heterocycles. The molecular weight excluding hydrogens is 264 g/mol. The summed E-state index contributed by atoms with van der Waals surface area (Å²) in [7, 11) is 0. The first kappa shape index (κ1) is 16.4. The third-order valence-electron chi connectivity index (χ3n) is 2.80. The summed E-state index contributed by atoms with van der Waals surface area (Å²) in [6, 6.07) is 2.45. The molecule has 0 amide bonds. The van der Waals surface area contributed by atoms with Crippen LogP contribution in [0.5, 0.6) is 0 Å². The number of carboxylic acids is 1. The number of aromatic carboxylic acids is 1. The van der Waals surface area contributed by atoms with E-state index in [0.29, 0.717) is 13.1 Å². The first-order valence-electron chi connectivity index (χ1n) is 6.70. The maximum absolute atomic E-state index is 14.1. The molecule has 0 atom stereocenters. The van der Waals surface area contributed by atoms with Crippen molar-refractivity contribution < 1.29 is 18.7 Å². The molecule has 0 saturated carbocycles. The smallest absolute Gasteiger partial charge is 0.338 e. The zero-order valence-corrected chi connectivity index (χ0v) is 12.3. The molecule has 0 aliphatic carbocycles. The minimum Gasteiger partial charge on any atom is -0.478 e. The lowest BCUT2D eigenvalue weighted by Crippen LogP contribution is -2.32. The summed E-state index contributed by atoms with van der Waals surface area (Å²) in [4.78, 5) is 12.6. The van der Waals surface area contributed by atoms with Gasteiger partial charge in [-0.15, -0.1) is 0 Å². The monoisotopic (exact) mass is 285 g/mol. The highest BCUT2D eigenvalue weighted by molar-refractivity contribution is 5.88. The second-order valence-corrected chi connectivity index (χ2v) is 5.76. The lowest BCUT2D eigenvalue weighted by atomic mass is 10.1. The Morgan fingerprint density at radius 2 is 1.60 bits per heavy atom. The molecule has 1 aromatic carbocycles. The molecule has 0 saturated heterocycles. The van der Waals surface area contributed by atoms with Gasteiger partial charge < -0.3 is 10.0 Å². The number of benzene rings is 1. The van der Waals surface area contributed by atoms with Crippen molar-refractivity contribution in [1.29, 1.82) is 0 Å². The molecule has 0 heterocycles. The molecule has 0 fully saturated rings. The van der Waals surface area contributed by atoms with E-state index in [1.807, 2.05) is 27.7 Å². The van der Waals surface area contributed by atoms with Crippen molar-refractivity contribution in [2.75, 3.05) is 18.0 Å². The van der Waals surface area contributed by atoms with Crippen LogP contribution in [0.15, 0.2) is 12.1 Å². The van der Waals surface area contributed by atoms with Gasteiger partial charge in [-0.2, -0.15) is 0 Å². The van der Waals surface area contributed by atoms with E-state index in [1.54, 1.807) is 4.90 Å². The average molecular weight is 285 g/mol. The van der Waals surface area contributed by atoms with E-state index in [1.165, 1.54) is 6.07 Å². The van der Waals surface area contributed by atoms with Gasteiger partial charge in [0.15, 0.2) is 11.6 Å². The molecule has 0 radical (unpaired) electrons. The van der Waals surface area contributed by atoms with Crippen LogP contribution in [0, 0.1) is 23.5 Å². The van der Waals surface area contributed by atoms with Crippen molar-refractivity contribution in [2.45, 2.75) is 27.7 Å². The van der Waals surface area contributed by atoms with Crippen LogP contribution in [0.1, 0.15) is 38.1 Å². The zero-order valence-electron chi connectivity index (χ0n) is 12.3. The van der Waals surface area contributed by atoms with Gasteiger partial charge in [0.1, 0.15) is 0 Å². The molecule has 1 N–H and O–H groups in total. The summed E-state index contributed by atoms with van der Waals surface area (Å²) in [5.74, 6) is -3.28. The number of halogens is 2. The summed E-state index contributed by atoms with van der Waals surface area (Å²) in [6.07, 6.45) is 0. The lowest BCUT2D eigenvalue weighted by molar-refractivity contribution is 0.0690. The van der Waals surface area contributed by atoms with Gasteiger partial charge in [-0.05, 0) is 24.0 Å². The predicted octanol–water partition coefficient (Wildman–Crippen LogP) is 3.78. The number of anilines is 1. The third kappa shape index (κ3) is 3.92. The standard InChI is InChI=1S/C15H21F2NO2/c1-9(2)7-18(8-10(3)4)12-6-5-11(15(19)20)13(16)14(12)17/h5-6,9-10H,7-8H2,1-4H3,(H,19,20). The third-order valence-corrected chi connectivity index (χ3v) is 2.80. The van der Waals surface area contributed by atoms with Crippen molar-refractivity contribution in [3.8, 4) is 0 Å². The summed E-state index contributed by atoms with van der Waals surface area (Å²) in [6.45, 7) is 9.14. The molecule has 0 unspecified atom stereocenters. The van der Waals surface area contributed by atoms with Crippen LogP contribution in [-0.4, -0.2) is 24.2 Å². The quantitative estimate of drug-likeness (QED) is 0.864. The Kier molecular flexibility index (Phi) is 5.48. The zero-order chi connectivity index (χ0) is 15.4. The largest absolute Gasteiger partial charge is 0.478 e. The van der Waals surface area contributed by atoms with Crippen LogP contribution in [0.4, 0.5) is 14.5 Å². The van der Waals surface area contributed by atoms with E-state index in [-0.39, 0.29) is 17.5 Å². The first-order chi connectivity index (χ1) is 9.23. The molecule has 20 heavy (non-hydrogen) atoms. The van der Waals surface area contributed by atoms with Crippen LogP contribution in [0.3, 0.4) is 0 Å². The van der Waals surface area contributed by atoms with Crippen LogP contribution in [-0.2, 0) is 0 Å². The fourth-order valence-corrected chi connectivity index (χ4v) is 2.10. The van der Waals surface area contributed by atoms with Crippen LogP contribution >= 0.6 is 0 Å². The van der Waals surface area contributed by atoms with E-state index in [9.17, 15) is 13.6 Å². The number of rotatable bonds is 6. The van der Waals surface area contributed by atoms with Gasteiger partial charge in [0, 0.05) is 13.1 Å². The normalized spacial score (nSPS) is 11.2. The molecular formula is C15H21F2NO2. The summed E-state index contributed by atoms with van der Waals surface area (Å²) in [5, 5.41) is 8.79. The highest BCUT2D eigenvalue weighted by Crippen LogP contribution is 2.26. The minimum absolute atomic E-state index is 0.120. The van der Waals surface area contributed by atoms with E-state index in [4.69, 9.17) is 5.11 Å². The summed E-state index contributed by atoms with van der Waals surface area (Å²) >= 11 is 0. The van der Waals surface area contributed by atoms with Crippen LogP contribution < -0.4 is 4.90 Å². The van der Waals surface area contributed by atoms with Crippen LogP contribution in [0.2, 0.25) is 0 Å². The Hall–Kier alpha value is -1.65. The Morgan fingerprint density at radius 3 is 2.00 bits per heavy atom. The van der Waals surface area contributed by atoms with E-state index >= 15 is 0 Å². The molecule has 5 heteroatoms. The molecule has 3 nitrogen and oxygen atoms in total. The molecule has 0 aliphatic rings. The van der Waals surface area contributed by atoms with Crippen molar-refractivity contribution in [1.82, 2.24) is 0 Å². The van der Waals surface area contributed by atoms with Crippen molar-refractivity contribution >= 4 is 11.7 Å². The Morgan fingerprint density at radius 1 is 1.10 bits per heavy atom. The number of carbonyl (C=O) groups is 1. The highest BCUT2D eigenvalue weighted by Gasteiger charge is 2.22. The van der Waals surface area contributed by atoms with Crippen molar-refractivity contribution in [2.24, 2.45) is 11.8 Å². The van der Waals surface area contributed by atoms with Gasteiger partial charge in [-0.1, -0.05) is 27.7 Å². The fraction of sp³-hybridized carbons (Fsp3) is 0.533. The van der Waals surface area contributed by atoms with E-state index in [2.05, 4.69) is 0 Å². The number of hydrogen-bond acceptors (Lipinski definition) is 2. The molecule has 112 valence electrons. The fourth-order valence-electron chi connectivity index (χ4n) is 2.10. The van der Waals surface area contributed by atoms with E-state index < -0.39 is 23.2 Å². The lowest BCUT2D eigenvalue weighted by Gasteiger charge is -2.29. The Balaban J connectivity index is 3.20. The topological polar surface area (TPSA) is 40.5 Å². The predicted molar refractivity (Wildman–Crippen MR) is 75.2 cm³/mol. The first-order valence-corrected chi connectivity index (χ1v) is 6.70. The van der Waals surface area contributed by atoms with Crippen molar-refractivity contribution in [3.63, 3.8) is 0 Å². The van der Waals surface area contributed by atoms with Gasteiger partial charge in [-0.3, -0.25) is 0 Å². The summed E-state index contributed by atoms with van der Waals surface area (Å²) in [5.41, 5.74) is -0.518. The molecule has 1 rings (SSSR count). The average Bonchev–Trinajstić information content (AvgIpc) is 2.30. The number of nitrogens with zero attached hydrogens (tertiary/aromatic N) is 1. The van der Waals surface area contributed by atoms with Gasteiger partial charge in [-0.25, -0.2) is 13.6 Å². The van der Waals surface area contributed by atoms with E-state index in [0.717, 1.165) is 6.07 Å². The maximum Gasteiger partial charge on any atom is 0.338 e. The molecule has 0 aromatic heterocycles. The second-order valence-electron chi connectivity index (χ2n) is 5.76. The number of hydrogen-bond donors (Lipinski definition) is 1. The maximum atomic E-state index is 14.1. The van der Waals surface area contributed by atoms with Gasteiger partial charge in [0.2, 0.25) is 0 Å². The van der Waals surface area contributed by atoms with Crippen molar-refractivity contribution in [3.05, 3.63) is 29.3 Å². The van der Waals surface area contributed by atoms with Crippen LogP contribution in [0.25, 0.3) is 0 Å². The van der Waals surface area contributed by atoms with Gasteiger partial charge in [0.25, 0.3) is 0 Å². The van der Waals surface area contributed by atoms with Gasteiger partial charge >= 0.3 is 5.97 Å². The molecule has 1 aromatic rings. The SMILES string of the molecule is CC(C)CN(CC(C)C)c1ccc(C(=O)O)c(F)c1F. The Bertz CT molecular complexity index is 477. The Labute approximate surface area is 118 Å².